The average Bonchev–Trinajstić information content (AvgIpc) is 3.93. The van der Waals surface area contributed by atoms with Gasteiger partial charge in [-0.15, -0.1) is 0 Å². The zero-order valence-corrected chi connectivity index (χ0v) is 39.5. The van der Waals surface area contributed by atoms with E-state index in [1.807, 2.05) is 32.0 Å². The van der Waals surface area contributed by atoms with Crippen molar-refractivity contribution in [2.45, 2.75) is 120 Å². The first-order valence-electron chi connectivity index (χ1n) is 23.9. The lowest BCUT2D eigenvalue weighted by atomic mass is 9.70. The summed E-state index contributed by atoms with van der Waals surface area (Å²) >= 11 is 0. The van der Waals surface area contributed by atoms with Gasteiger partial charge in [0.2, 0.25) is 0 Å². The quantitative estimate of drug-likeness (QED) is 0.0727. The van der Waals surface area contributed by atoms with Crippen molar-refractivity contribution in [3.05, 3.63) is 105 Å². The summed E-state index contributed by atoms with van der Waals surface area (Å²) in [6.07, 6.45) is 9.98. The molecule has 2 saturated carbocycles. The molecule has 2 aromatic heterocycles. The fourth-order valence-corrected chi connectivity index (χ4v) is 12.7. The highest BCUT2D eigenvalue weighted by molar-refractivity contribution is 7.90. The van der Waals surface area contributed by atoms with Crippen LogP contribution in [0.5, 0.6) is 17.2 Å². The predicted octanol–water partition coefficient (Wildman–Crippen LogP) is 9.17. The van der Waals surface area contributed by atoms with Crippen LogP contribution in [0.15, 0.2) is 77.8 Å². The molecule has 2 saturated heterocycles. The van der Waals surface area contributed by atoms with Gasteiger partial charge in [0, 0.05) is 67.2 Å². The van der Waals surface area contributed by atoms with E-state index in [0.29, 0.717) is 55.0 Å². The van der Waals surface area contributed by atoms with E-state index in [4.69, 9.17) is 9.47 Å². The van der Waals surface area contributed by atoms with E-state index in [1.54, 1.807) is 18.3 Å². The van der Waals surface area contributed by atoms with E-state index in [2.05, 4.69) is 67.9 Å². The minimum absolute atomic E-state index is 0.00501. The predicted molar refractivity (Wildman–Crippen MR) is 257 cm³/mol. The Balaban J connectivity index is 0.861. The van der Waals surface area contributed by atoms with Crippen molar-refractivity contribution in [2.75, 3.05) is 43.0 Å². The normalized spacial score (nSPS) is 25.0. The molecule has 67 heavy (non-hydrogen) atoms. The van der Waals surface area contributed by atoms with Crippen LogP contribution in [0.25, 0.3) is 11.0 Å². The molecule has 10 rings (SSSR count). The monoisotopic (exact) mass is 931 g/mol. The van der Waals surface area contributed by atoms with E-state index < -0.39 is 37.0 Å². The molecule has 354 valence electrons. The fourth-order valence-electron chi connectivity index (χ4n) is 11.7. The summed E-state index contributed by atoms with van der Waals surface area (Å²) in [5.41, 5.74) is 4.53. The van der Waals surface area contributed by atoms with Crippen molar-refractivity contribution in [1.29, 1.82) is 0 Å². The standard InChI is InChI=1S/C51H61N7O8S/c1-31(2)38-8-5-6-9-39(38)40-10-7-11-43(40)57-29-51(30-57)18-20-56(21-19-51)35-12-13-41(45(24-35)66-36-23-34-22-32(3)53-48(34)52-27-36)49(59)55-67(63,64)37-25-44(58(61)62)47-46(26-37)65-28-42(54-47)33-14-16-50(4,60)17-15-33/h5-6,8-9,12-13,22-27,31,33,40,42-43,54,60H,7,10-11,14-21,28-30H2,1-4H3,(H,52,53)(H,55,59)/t33-,40-,42+,43-,50-/m0/s1. The molecule has 5 aromatic rings. The zero-order valence-electron chi connectivity index (χ0n) is 38.7. The van der Waals surface area contributed by atoms with Crippen LogP contribution in [-0.4, -0.2) is 89.7 Å². The number of nitro benzene ring substituents is 1. The van der Waals surface area contributed by atoms with Crippen molar-refractivity contribution in [3.63, 3.8) is 0 Å². The minimum atomic E-state index is -4.66. The van der Waals surface area contributed by atoms with E-state index in [0.717, 1.165) is 61.9 Å². The third kappa shape index (κ3) is 8.95. The van der Waals surface area contributed by atoms with Gasteiger partial charge in [-0.05, 0) is 124 Å². The van der Waals surface area contributed by atoms with Crippen molar-refractivity contribution in [1.82, 2.24) is 19.6 Å². The number of piperidine rings is 1. The van der Waals surface area contributed by atoms with Crippen LogP contribution in [0, 0.1) is 28.4 Å². The number of aromatic nitrogens is 2. The molecular formula is C51H61N7O8S. The molecule has 2 aliphatic carbocycles. The Morgan fingerprint density at radius 3 is 2.52 bits per heavy atom. The number of benzene rings is 3. The number of H-pyrrole nitrogens is 1. The number of hydrogen-bond acceptors (Lipinski definition) is 12. The molecule has 15 nitrogen and oxygen atoms in total. The fraction of sp³-hybridized carbons (Fsp3) is 0.490. The third-order valence-corrected chi connectivity index (χ3v) is 16.8. The SMILES string of the molecule is Cc1cc2cc(Oc3cc(N4CCC5(CC4)CN([C@H]4CCC[C@H]4c4ccccc4C(C)C)C5)ccc3C(=O)NS(=O)(=O)c3cc4c(c([N+](=O)[O-])c3)N[C@@H]([C@H]3CC[C@](C)(O)CC3)CO4)cnc2[nH]1. The van der Waals surface area contributed by atoms with Crippen LogP contribution in [-0.2, 0) is 10.0 Å². The first-order chi connectivity index (χ1) is 32.0. The highest BCUT2D eigenvalue weighted by Crippen LogP contribution is 2.49. The number of rotatable bonds is 11. The van der Waals surface area contributed by atoms with Crippen LogP contribution in [0.2, 0.25) is 0 Å². The Morgan fingerprint density at radius 1 is 1.01 bits per heavy atom. The van der Waals surface area contributed by atoms with Crippen molar-refractivity contribution in [2.24, 2.45) is 11.3 Å². The number of sulfonamides is 1. The topological polar surface area (TPSA) is 192 Å². The highest BCUT2D eigenvalue weighted by Gasteiger charge is 2.49. The van der Waals surface area contributed by atoms with Crippen LogP contribution < -0.4 is 24.4 Å². The molecule has 4 N–H and O–H groups in total. The van der Waals surface area contributed by atoms with Gasteiger partial charge in [-0.1, -0.05) is 44.5 Å². The third-order valence-electron chi connectivity index (χ3n) is 15.5. The largest absolute Gasteiger partial charge is 0.489 e. The van der Waals surface area contributed by atoms with Gasteiger partial charge < -0.3 is 29.8 Å². The zero-order chi connectivity index (χ0) is 46.8. The lowest BCUT2D eigenvalue weighted by Crippen LogP contribution is -2.63. The molecule has 1 spiro atoms. The Hall–Kier alpha value is -5.71. The highest BCUT2D eigenvalue weighted by atomic mass is 32.2. The van der Waals surface area contributed by atoms with Gasteiger partial charge in [-0.2, -0.15) is 0 Å². The Morgan fingerprint density at radius 2 is 1.78 bits per heavy atom. The minimum Gasteiger partial charge on any atom is -0.489 e. The number of ether oxygens (including phenoxy) is 2. The van der Waals surface area contributed by atoms with Gasteiger partial charge >= 0.3 is 0 Å². The summed E-state index contributed by atoms with van der Waals surface area (Å²) in [6, 6.07) is 20.4. The second-order valence-corrected chi connectivity index (χ2v) is 22.2. The van der Waals surface area contributed by atoms with E-state index in [-0.39, 0.29) is 46.7 Å². The number of likely N-dealkylation sites (tertiary alicyclic amines) is 1. The van der Waals surface area contributed by atoms with Crippen molar-refractivity contribution in [3.8, 4) is 17.2 Å². The number of anilines is 2. The molecular weight excluding hydrogens is 871 g/mol. The number of fused-ring (bicyclic) bond motifs is 2. The molecule has 16 heteroatoms. The lowest BCUT2D eigenvalue weighted by molar-refractivity contribution is -0.384. The van der Waals surface area contributed by atoms with Crippen LogP contribution >= 0.6 is 0 Å². The molecule has 3 aliphatic heterocycles. The molecule has 0 bridgehead atoms. The van der Waals surface area contributed by atoms with Crippen molar-refractivity contribution < 1.29 is 32.7 Å². The van der Waals surface area contributed by atoms with Crippen LogP contribution in [0.4, 0.5) is 17.1 Å². The van der Waals surface area contributed by atoms with Gasteiger partial charge in [0.05, 0.1) is 33.2 Å². The molecule has 3 atom stereocenters. The molecule has 5 aliphatic rings. The van der Waals surface area contributed by atoms with E-state index in [1.165, 1.54) is 36.5 Å². The number of carbonyl (C=O) groups is 1. The molecule has 4 fully saturated rings. The van der Waals surface area contributed by atoms with Gasteiger partial charge in [-0.25, -0.2) is 18.1 Å². The number of carbonyl (C=O) groups excluding carboxylic acids is 1. The van der Waals surface area contributed by atoms with Gasteiger partial charge in [-0.3, -0.25) is 19.8 Å². The number of aliphatic hydroxyl groups is 1. The molecule has 0 radical (unpaired) electrons. The second-order valence-electron chi connectivity index (χ2n) is 20.5. The number of nitrogens with zero attached hydrogens (tertiary/aromatic N) is 4. The summed E-state index contributed by atoms with van der Waals surface area (Å²) in [5, 5.41) is 26.9. The molecule has 3 aromatic carbocycles. The van der Waals surface area contributed by atoms with Gasteiger partial charge in [0.25, 0.3) is 21.6 Å². The second kappa shape index (κ2) is 17.4. The molecule has 1 amide bonds. The summed E-state index contributed by atoms with van der Waals surface area (Å²) in [6.45, 7) is 12.3. The lowest BCUT2D eigenvalue weighted by Gasteiger charge is -2.57. The smallest absolute Gasteiger partial charge is 0.297 e. The number of nitrogens with one attached hydrogen (secondary N) is 3. The number of nitro groups is 1. The van der Waals surface area contributed by atoms with Crippen LogP contribution in [0.3, 0.4) is 0 Å². The summed E-state index contributed by atoms with van der Waals surface area (Å²) in [5.74, 6) is 0.720. The van der Waals surface area contributed by atoms with Gasteiger partial charge in [0.15, 0.2) is 11.4 Å². The van der Waals surface area contributed by atoms with E-state index in [9.17, 15) is 28.4 Å². The maximum atomic E-state index is 14.2. The number of hydrogen-bond donors (Lipinski definition) is 4. The number of aryl methyl sites for hydroxylation is 1. The summed E-state index contributed by atoms with van der Waals surface area (Å²) in [7, 11) is -4.66. The Bertz CT molecular complexity index is 2820. The average molecular weight is 932 g/mol. The number of amides is 1. The number of pyridine rings is 1. The molecule has 5 heterocycles. The number of aromatic amines is 1. The first kappa shape index (κ1) is 45.1. The summed E-state index contributed by atoms with van der Waals surface area (Å²) < 4.78 is 42.5. The molecule has 0 unspecified atom stereocenters. The Labute approximate surface area is 391 Å². The summed E-state index contributed by atoms with van der Waals surface area (Å²) in [4.78, 5) is 38.2. The maximum Gasteiger partial charge on any atom is 0.297 e. The first-order valence-corrected chi connectivity index (χ1v) is 25.4. The maximum absolute atomic E-state index is 14.2. The van der Waals surface area contributed by atoms with Crippen molar-refractivity contribution >= 4 is 44.0 Å². The van der Waals surface area contributed by atoms with Gasteiger partial charge in [0.1, 0.15) is 23.8 Å². The Kier molecular flexibility index (Phi) is 11.7. The van der Waals surface area contributed by atoms with Crippen LogP contribution in [0.1, 0.15) is 118 Å². The van der Waals surface area contributed by atoms with E-state index >= 15 is 0 Å².